The molecule has 0 amide bonds. The maximum Gasteiger partial charge on any atom is 0.135 e. The third-order valence-corrected chi connectivity index (χ3v) is 3.11. The van der Waals surface area contributed by atoms with Crippen molar-refractivity contribution in [2.24, 2.45) is 0 Å². The molecule has 2 fully saturated rings. The average Bonchev–Trinajstić information content (AvgIpc) is 2.20. The summed E-state index contributed by atoms with van der Waals surface area (Å²) in [6, 6.07) is 0.714. The topological polar surface area (TPSA) is 34.4 Å². The molecule has 0 atom stereocenters. The number of carbonyl (C=O) groups excluding carboxylic acids is 1. The Morgan fingerprint density at radius 2 is 1.77 bits per heavy atom. The number of Topliss-reactive ketones (excluding diaryl/α,β-unsaturated/α-hetero) is 1. The summed E-state index contributed by atoms with van der Waals surface area (Å²) in [6.07, 6.45) is 3.95. The van der Waals surface area contributed by atoms with Crippen LogP contribution >= 0.6 is 0 Å². The van der Waals surface area contributed by atoms with E-state index in [0.717, 1.165) is 39.0 Å². The summed E-state index contributed by atoms with van der Waals surface area (Å²) in [7, 11) is 0. The number of piperidine rings is 2. The van der Waals surface area contributed by atoms with Crippen molar-refractivity contribution in [3.8, 4) is 0 Å². The summed E-state index contributed by atoms with van der Waals surface area (Å²) in [5, 5.41) is 4.34. The number of likely N-dealkylation sites (tertiary alicyclic amines) is 1. The molecule has 2 aliphatic heterocycles. The van der Waals surface area contributed by atoms with Gasteiger partial charge in [0.25, 0.3) is 0 Å². The van der Waals surface area contributed by atoms with Crippen molar-refractivity contribution in [2.75, 3.05) is 26.2 Å². The quantitative estimate of drug-likeness (QED) is 0.587. The van der Waals surface area contributed by atoms with E-state index in [-0.39, 0.29) is 0 Å². The van der Waals surface area contributed by atoms with Gasteiger partial charge in [-0.2, -0.15) is 0 Å². The van der Waals surface area contributed by atoms with E-state index in [9.17, 15) is 4.79 Å². The summed E-state index contributed by atoms with van der Waals surface area (Å²) >= 11 is 0. The summed E-state index contributed by atoms with van der Waals surface area (Å²) in [5.41, 5.74) is 0. The minimum Gasteiger partial charge on any atom is -0.300 e. The Morgan fingerprint density at radius 3 is 2.38 bits per heavy atom. The van der Waals surface area contributed by atoms with Crippen LogP contribution in [-0.4, -0.2) is 42.9 Å². The highest BCUT2D eigenvalue weighted by Crippen LogP contribution is 2.16. The van der Waals surface area contributed by atoms with E-state index in [1.54, 1.807) is 0 Å². The van der Waals surface area contributed by atoms with Gasteiger partial charge >= 0.3 is 0 Å². The molecule has 2 aliphatic rings. The van der Waals surface area contributed by atoms with Crippen LogP contribution in [0.4, 0.5) is 0 Å². The summed E-state index contributed by atoms with van der Waals surface area (Å²) in [5.74, 6) is 0.441. The lowest BCUT2D eigenvalue weighted by Gasteiger charge is -2.36. The molecule has 0 aromatic rings. The molecule has 73 valence electrons. The molecule has 3 heteroatoms. The van der Waals surface area contributed by atoms with Crippen LogP contribution in [0.1, 0.15) is 25.7 Å². The first-order valence-electron chi connectivity index (χ1n) is 5.25. The second-order valence-electron chi connectivity index (χ2n) is 3.98. The van der Waals surface area contributed by atoms with Gasteiger partial charge in [-0.3, -0.25) is 9.69 Å². The highest BCUT2D eigenvalue weighted by Gasteiger charge is 2.24. The van der Waals surface area contributed by atoms with Gasteiger partial charge in [-0.15, -0.1) is 0 Å². The van der Waals surface area contributed by atoms with E-state index in [1.165, 1.54) is 12.8 Å². The zero-order valence-corrected chi connectivity index (χ0v) is 8.04. The fourth-order valence-electron chi connectivity index (χ4n) is 2.24. The maximum absolute atomic E-state index is 11.0. The number of hydrogen-bond donors (Lipinski definition) is 0. The summed E-state index contributed by atoms with van der Waals surface area (Å²) in [6.45, 7) is 4.03. The number of carbonyl (C=O) groups is 1. The van der Waals surface area contributed by atoms with Crippen molar-refractivity contribution >= 4 is 5.78 Å². The molecule has 0 N–H and O–H groups in total. The van der Waals surface area contributed by atoms with Crippen LogP contribution in [0.2, 0.25) is 0 Å². The van der Waals surface area contributed by atoms with E-state index >= 15 is 0 Å². The molecule has 0 saturated carbocycles. The van der Waals surface area contributed by atoms with E-state index in [0.29, 0.717) is 11.8 Å². The minimum absolute atomic E-state index is 0.441. The molecule has 1 radical (unpaired) electrons. The Morgan fingerprint density at radius 1 is 1.15 bits per heavy atom. The molecule has 0 unspecified atom stereocenters. The fraction of sp³-hybridized carbons (Fsp3) is 0.900. The Kier molecular flexibility index (Phi) is 2.96. The first kappa shape index (κ1) is 9.16. The first-order chi connectivity index (χ1) is 6.36. The predicted octanol–water partition coefficient (Wildman–Crippen LogP) is 0.418. The number of rotatable bonds is 1. The number of hydrogen-bond acceptors (Lipinski definition) is 2. The Balaban J connectivity index is 1.82. The van der Waals surface area contributed by atoms with Crippen molar-refractivity contribution < 1.29 is 4.79 Å². The molecule has 0 spiro atoms. The maximum atomic E-state index is 11.0. The van der Waals surface area contributed by atoms with Crippen molar-refractivity contribution in [1.29, 1.82) is 0 Å². The van der Waals surface area contributed by atoms with Gasteiger partial charge in [-0.1, -0.05) is 0 Å². The first-order valence-corrected chi connectivity index (χ1v) is 5.25. The normalized spacial score (nSPS) is 27.8. The van der Waals surface area contributed by atoms with Crippen molar-refractivity contribution in [3.05, 3.63) is 0 Å². The van der Waals surface area contributed by atoms with Crippen molar-refractivity contribution in [3.63, 3.8) is 0 Å². The Bertz CT molecular complexity index is 177. The van der Waals surface area contributed by atoms with Crippen LogP contribution in [0.3, 0.4) is 0 Å². The second-order valence-corrected chi connectivity index (χ2v) is 3.98. The van der Waals surface area contributed by atoms with E-state index < -0.39 is 0 Å². The Hall–Kier alpha value is -0.410. The van der Waals surface area contributed by atoms with Gasteiger partial charge in [-0.25, -0.2) is 5.32 Å². The summed E-state index contributed by atoms with van der Waals surface area (Å²) < 4.78 is 0. The Labute approximate surface area is 79.5 Å². The zero-order chi connectivity index (χ0) is 9.10. The van der Waals surface area contributed by atoms with Gasteiger partial charge in [0.1, 0.15) is 5.78 Å². The van der Waals surface area contributed by atoms with Crippen LogP contribution in [-0.2, 0) is 4.79 Å². The van der Waals surface area contributed by atoms with Gasteiger partial charge in [0.15, 0.2) is 0 Å². The van der Waals surface area contributed by atoms with Crippen LogP contribution in [0, 0.1) is 0 Å². The highest BCUT2D eigenvalue weighted by atomic mass is 16.1. The average molecular weight is 181 g/mol. The second kappa shape index (κ2) is 4.20. The third-order valence-electron chi connectivity index (χ3n) is 3.11. The van der Waals surface area contributed by atoms with E-state index in [1.807, 2.05) is 0 Å². The van der Waals surface area contributed by atoms with Gasteiger partial charge < -0.3 is 0 Å². The van der Waals surface area contributed by atoms with Crippen LogP contribution in [0.5, 0.6) is 0 Å². The van der Waals surface area contributed by atoms with Gasteiger partial charge in [0.2, 0.25) is 0 Å². The standard InChI is InChI=1S/C10H17N2O/c13-10-3-7-12(8-4-10)9-1-5-11-6-2-9/h9H,1-8H2. The lowest BCUT2D eigenvalue weighted by atomic mass is 10.0. The molecule has 0 aliphatic carbocycles. The van der Waals surface area contributed by atoms with E-state index in [4.69, 9.17) is 0 Å². The SMILES string of the molecule is O=C1CCN(C2CC[N]CC2)CC1. The lowest BCUT2D eigenvalue weighted by molar-refractivity contribution is -0.122. The van der Waals surface area contributed by atoms with Crippen LogP contribution in [0.15, 0.2) is 0 Å². The number of ketones is 1. The highest BCUT2D eigenvalue weighted by molar-refractivity contribution is 5.79. The van der Waals surface area contributed by atoms with Gasteiger partial charge in [0.05, 0.1) is 0 Å². The zero-order valence-electron chi connectivity index (χ0n) is 8.04. The summed E-state index contributed by atoms with van der Waals surface area (Å²) in [4.78, 5) is 13.5. The predicted molar refractivity (Wildman–Crippen MR) is 50.7 cm³/mol. The molecule has 0 aromatic heterocycles. The monoisotopic (exact) mass is 181 g/mol. The molecule has 0 aromatic carbocycles. The molecule has 2 rings (SSSR count). The van der Waals surface area contributed by atoms with Crippen LogP contribution < -0.4 is 5.32 Å². The molecule has 13 heavy (non-hydrogen) atoms. The fourth-order valence-corrected chi connectivity index (χ4v) is 2.24. The van der Waals surface area contributed by atoms with Gasteiger partial charge in [0, 0.05) is 45.1 Å². The molecular formula is C10H17N2O. The van der Waals surface area contributed by atoms with E-state index in [2.05, 4.69) is 10.2 Å². The molecular weight excluding hydrogens is 164 g/mol. The lowest BCUT2D eigenvalue weighted by Crippen LogP contribution is -2.45. The largest absolute Gasteiger partial charge is 0.300 e. The minimum atomic E-state index is 0.441. The molecule has 2 saturated heterocycles. The third kappa shape index (κ3) is 2.29. The smallest absolute Gasteiger partial charge is 0.135 e. The van der Waals surface area contributed by atoms with Crippen LogP contribution in [0.25, 0.3) is 0 Å². The van der Waals surface area contributed by atoms with Gasteiger partial charge in [-0.05, 0) is 12.8 Å². The molecule has 0 bridgehead atoms. The van der Waals surface area contributed by atoms with Crippen molar-refractivity contribution in [2.45, 2.75) is 31.7 Å². The van der Waals surface area contributed by atoms with Crippen molar-refractivity contribution in [1.82, 2.24) is 10.2 Å². The number of nitrogens with zero attached hydrogens (tertiary/aromatic N) is 2. The molecule has 2 heterocycles. The molecule has 3 nitrogen and oxygen atoms in total.